The molecule has 0 saturated heterocycles. The van der Waals surface area contributed by atoms with Crippen molar-refractivity contribution in [2.45, 2.75) is 20.0 Å². The molecule has 0 aromatic rings. The van der Waals surface area contributed by atoms with Crippen molar-refractivity contribution in [1.29, 1.82) is 0 Å². The van der Waals surface area contributed by atoms with Crippen LogP contribution >= 0.6 is 0 Å². The molecule has 0 aliphatic carbocycles. The summed E-state index contributed by atoms with van der Waals surface area (Å²) in [6.07, 6.45) is -0.236. The summed E-state index contributed by atoms with van der Waals surface area (Å²) in [6.45, 7) is 7.68. The Balaban J connectivity index is 3.44. The van der Waals surface area contributed by atoms with Gasteiger partial charge >= 0.3 is 0 Å². The smallest absolute Gasteiger partial charge is 0.0791 e. The molecule has 0 spiro atoms. The van der Waals surface area contributed by atoms with Crippen molar-refractivity contribution in [1.82, 2.24) is 10.2 Å². The third-order valence-corrected chi connectivity index (χ3v) is 1.80. The number of nitrogens with zero attached hydrogens (tertiary/aromatic N) is 1. The Bertz CT molecular complexity index is 84.2. The van der Waals surface area contributed by atoms with Gasteiger partial charge in [0.25, 0.3) is 0 Å². The van der Waals surface area contributed by atoms with Crippen LogP contribution in [0.1, 0.15) is 13.8 Å². The molecular weight excluding hydrogens is 140 g/mol. The maximum absolute atomic E-state index is 9.38. The van der Waals surface area contributed by atoms with Gasteiger partial charge in [0, 0.05) is 13.1 Å². The van der Waals surface area contributed by atoms with E-state index in [4.69, 9.17) is 0 Å². The minimum Gasteiger partial charge on any atom is -0.390 e. The van der Waals surface area contributed by atoms with E-state index in [0.717, 1.165) is 19.6 Å². The van der Waals surface area contributed by atoms with Gasteiger partial charge < -0.3 is 15.3 Å². The van der Waals surface area contributed by atoms with Gasteiger partial charge in [-0.1, -0.05) is 13.8 Å². The van der Waals surface area contributed by atoms with Gasteiger partial charge in [0.15, 0.2) is 0 Å². The van der Waals surface area contributed by atoms with Gasteiger partial charge in [0.2, 0.25) is 0 Å². The van der Waals surface area contributed by atoms with Crippen LogP contribution in [-0.4, -0.2) is 49.3 Å². The first-order valence-corrected chi connectivity index (χ1v) is 4.29. The van der Waals surface area contributed by atoms with Crippen LogP contribution in [0.5, 0.6) is 0 Å². The summed E-state index contributed by atoms with van der Waals surface area (Å²) in [5, 5.41) is 12.3. The summed E-state index contributed by atoms with van der Waals surface area (Å²) < 4.78 is 0. The molecule has 0 heterocycles. The third-order valence-electron chi connectivity index (χ3n) is 1.80. The number of likely N-dealkylation sites (N-methyl/N-ethyl adjacent to an activating group) is 2. The van der Waals surface area contributed by atoms with Crippen molar-refractivity contribution in [2.24, 2.45) is 0 Å². The molecule has 0 aliphatic heterocycles. The summed E-state index contributed by atoms with van der Waals surface area (Å²) in [5.74, 6) is 0. The van der Waals surface area contributed by atoms with Crippen LogP contribution in [-0.2, 0) is 0 Å². The molecule has 2 N–H and O–H groups in total. The van der Waals surface area contributed by atoms with Crippen LogP contribution in [0.3, 0.4) is 0 Å². The molecule has 0 bridgehead atoms. The zero-order valence-electron chi connectivity index (χ0n) is 7.80. The van der Waals surface area contributed by atoms with Crippen molar-refractivity contribution in [3.63, 3.8) is 0 Å². The molecule has 0 aliphatic rings. The quantitative estimate of drug-likeness (QED) is 0.570. The van der Waals surface area contributed by atoms with Crippen LogP contribution in [0, 0.1) is 0 Å². The monoisotopic (exact) mass is 160 g/mol. The Morgan fingerprint density at radius 1 is 1.36 bits per heavy atom. The summed E-state index contributed by atoms with van der Waals surface area (Å²) >= 11 is 0. The van der Waals surface area contributed by atoms with Crippen molar-refractivity contribution in [3.8, 4) is 0 Å². The number of hydrogen-bond acceptors (Lipinski definition) is 3. The summed E-state index contributed by atoms with van der Waals surface area (Å²) in [4.78, 5) is 2.21. The van der Waals surface area contributed by atoms with Gasteiger partial charge in [-0.05, 0) is 20.1 Å². The Morgan fingerprint density at radius 2 is 1.91 bits per heavy atom. The molecule has 11 heavy (non-hydrogen) atoms. The van der Waals surface area contributed by atoms with Gasteiger partial charge in [0.05, 0.1) is 6.10 Å². The molecule has 0 rings (SSSR count). The van der Waals surface area contributed by atoms with Crippen molar-refractivity contribution < 1.29 is 5.11 Å². The molecule has 0 aromatic carbocycles. The van der Waals surface area contributed by atoms with Crippen LogP contribution in [0.4, 0.5) is 0 Å². The van der Waals surface area contributed by atoms with Gasteiger partial charge in [-0.2, -0.15) is 0 Å². The molecule has 1 unspecified atom stereocenters. The van der Waals surface area contributed by atoms with Crippen LogP contribution in [0.2, 0.25) is 0 Å². The zero-order valence-corrected chi connectivity index (χ0v) is 7.80. The highest BCUT2D eigenvalue weighted by Gasteiger charge is 2.06. The Hall–Kier alpha value is -0.120. The molecule has 3 nitrogen and oxygen atoms in total. The minimum absolute atomic E-state index is 0.236. The third kappa shape index (κ3) is 5.18. The lowest BCUT2D eigenvalue weighted by Gasteiger charge is -2.21. The largest absolute Gasteiger partial charge is 0.390 e. The number of aliphatic hydroxyl groups is 1. The van der Waals surface area contributed by atoms with E-state index in [2.05, 4.69) is 24.1 Å². The zero-order chi connectivity index (χ0) is 8.69. The first-order chi connectivity index (χ1) is 5.24. The highest BCUT2D eigenvalue weighted by atomic mass is 16.3. The van der Waals surface area contributed by atoms with E-state index < -0.39 is 0 Å². The van der Waals surface area contributed by atoms with E-state index in [0.29, 0.717) is 6.54 Å². The number of rotatable bonds is 6. The van der Waals surface area contributed by atoms with Crippen LogP contribution < -0.4 is 5.32 Å². The lowest BCUT2D eigenvalue weighted by molar-refractivity contribution is 0.118. The van der Waals surface area contributed by atoms with E-state index in [-0.39, 0.29) is 6.10 Å². The second-order valence-electron chi connectivity index (χ2n) is 2.70. The standard InChI is InChI=1S/C8H20N2O/c1-4-10(5-2)7-8(11)6-9-3/h8-9,11H,4-7H2,1-3H3. The van der Waals surface area contributed by atoms with E-state index in [1.165, 1.54) is 0 Å². The molecule has 3 heteroatoms. The second-order valence-corrected chi connectivity index (χ2v) is 2.70. The van der Waals surface area contributed by atoms with Crippen LogP contribution in [0.15, 0.2) is 0 Å². The Labute approximate surface area is 69.4 Å². The predicted molar refractivity (Wildman–Crippen MR) is 47.7 cm³/mol. The summed E-state index contributed by atoms with van der Waals surface area (Å²) in [7, 11) is 1.85. The fourth-order valence-electron chi connectivity index (χ4n) is 1.08. The molecular formula is C8H20N2O. The van der Waals surface area contributed by atoms with Gasteiger partial charge in [-0.15, -0.1) is 0 Å². The summed E-state index contributed by atoms with van der Waals surface area (Å²) in [6, 6.07) is 0. The molecule has 0 amide bonds. The van der Waals surface area contributed by atoms with Gasteiger partial charge in [-0.25, -0.2) is 0 Å². The van der Waals surface area contributed by atoms with Crippen molar-refractivity contribution in [2.75, 3.05) is 33.2 Å². The molecule has 1 atom stereocenters. The topological polar surface area (TPSA) is 35.5 Å². The molecule has 0 saturated carbocycles. The molecule has 0 radical (unpaired) electrons. The van der Waals surface area contributed by atoms with Gasteiger partial charge in [0.1, 0.15) is 0 Å². The average molecular weight is 160 g/mol. The maximum Gasteiger partial charge on any atom is 0.0791 e. The van der Waals surface area contributed by atoms with E-state index in [1.54, 1.807) is 0 Å². The number of aliphatic hydroxyl groups excluding tert-OH is 1. The van der Waals surface area contributed by atoms with Crippen LogP contribution in [0.25, 0.3) is 0 Å². The van der Waals surface area contributed by atoms with E-state index >= 15 is 0 Å². The molecule has 0 aromatic heterocycles. The normalized spacial score (nSPS) is 13.9. The van der Waals surface area contributed by atoms with E-state index in [1.807, 2.05) is 7.05 Å². The lowest BCUT2D eigenvalue weighted by Crippen LogP contribution is -2.37. The highest BCUT2D eigenvalue weighted by Crippen LogP contribution is 1.90. The van der Waals surface area contributed by atoms with Crippen molar-refractivity contribution >= 4 is 0 Å². The fraction of sp³-hybridized carbons (Fsp3) is 1.00. The number of nitrogens with one attached hydrogen (secondary N) is 1. The Morgan fingerprint density at radius 3 is 2.27 bits per heavy atom. The average Bonchev–Trinajstić information content (AvgIpc) is 2.01. The molecule has 0 fully saturated rings. The summed E-state index contributed by atoms with van der Waals surface area (Å²) in [5.41, 5.74) is 0. The SMILES string of the molecule is CCN(CC)CC(O)CNC. The Kier molecular flexibility index (Phi) is 6.51. The minimum atomic E-state index is -0.236. The maximum atomic E-state index is 9.38. The van der Waals surface area contributed by atoms with Crippen molar-refractivity contribution in [3.05, 3.63) is 0 Å². The van der Waals surface area contributed by atoms with Gasteiger partial charge in [-0.3, -0.25) is 0 Å². The second kappa shape index (κ2) is 6.58. The fourth-order valence-corrected chi connectivity index (χ4v) is 1.08. The first-order valence-electron chi connectivity index (χ1n) is 4.29. The highest BCUT2D eigenvalue weighted by molar-refractivity contribution is 4.63. The predicted octanol–water partition coefficient (Wildman–Crippen LogP) is -0.0915. The lowest BCUT2D eigenvalue weighted by atomic mass is 10.3. The first kappa shape index (κ1) is 10.9. The number of hydrogen-bond donors (Lipinski definition) is 2. The molecule has 68 valence electrons. The van der Waals surface area contributed by atoms with E-state index in [9.17, 15) is 5.11 Å².